The number of thioether (sulfide) groups is 1. The second-order valence-electron chi connectivity index (χ2n) is 6.89. The lowest BCUT2D eigenvalue weighted by Gasteiger charge is -2.09. The van der Waals surface area contributed by atoms with Gasteiger partial charge < -0.3 is 15.2 Å². The van der Waals surface area contributed by atoms with Crippen molar-refractivity contribution in [2.24, 2.45) is 0 Å². The highest BCUT2D eigenvalue weighted by molar-refractivity contribution is 7.99. The molecule has 2 aromatic carbocycles. The normalized spacial score (nSPS) is 10.6. The molecule has 3 aromatic rings. The summed E-state index contributed by atoms with van der Waals surface area (Å²) in [7, 11) is 0. The lowest BCUT2D eigenvalue weighted by molar-refractivity contribution is -0.116. The number of halogens is 1. The third kappa shape index (κ3) is 6.27. The maximum atomic E-state index is 13.8. The molecule has 0 saturated carbocycles. The molecule has 0 aliphatic carbocycles. The first-order chi connectivity index (χ1) is 15.5. The van der Waals surface area contributed by atoms with Crippen molar-refractivity contribution in [3.63, 3.8) is 0 Å². The van der Waals surface area contributed by atoms with Gasteiger partial charge in [0.25, 0.3) is 0 Å². The number of aryl methyl sites for hydroxylation is 1. The summed E-state index contributed by atoms with van der Waals surface area (Å²) >= 11 is 1.21. The smallest absolute Gasteiger partial charge is 0.234 e. The van der Waals surface area contributed by atoms with Crippen molar-refractivity contribution in [3.8, 4) is 0 Å². The van der Waals surface area contributed by atoms with Crippen LogP contribution in [0.25, 0.3) is 0 Å². The van der Waals surface area contributed by atoms with Crippen LogP contribution < -0.4 is 10.6 Å². The summed E-state index contributed by atoms with van der Waals surface area (Å²) in [5.74, 6) is -0.577. The van der Waals surface area contributed by atoms with Crippen molar-refractivity contribution >= 4 is 35.0 Å². The molecule has 0 atom stereocenters. The topological polar surface area (TPSA) is 88.9 Å². The van der Waals surface area contributed by atoms with Gasteiger partial charge in [-0.3, -0.25) is 9.59 Å². The molecule has 2 amide bonds. The van der Waals surface area contributed by atoms with Crippen molar-refractivity contribution in [1.82, 2.24) is 14.8 Å². The fourth-order valence-electron chi connectivity index (χ4n) is 2.92. The monoisotopic (exact) mass is 453 g/mol. The molecule has 1 aromatic heterocycles. The molecule has 0 aliphatic rings. The van der Waals surface area contributed by atoms with Crippen LogP contribution in [0.3, 0.4) is 0 Å². The number of rotatable bonds is 10. The first kappa shape index (κ1) is 23.2. The Labute approximate surface area is 190 Å². The van der Waals surface area contributed by atoms with E-state index >= 15 is 0 Å². The lowest BCUT2D eigenvalue weighted by atomic mass is 10.1. The Morgan fingerprint density at radius 3 is 2.53 bits per heavy atom. The van der Waals surface area contributed by atoms with Gasteiger partial charge >= 0.3 is 0 Å². The summed E-state index contributed by atoms with van der Waals surface area (Å²) in [4.78, 5) is 24.7. The van der Waals surface area contributed by atoms with Crippen LogP contribution in [0.1, 0.15) is 18.3 Å². The molecule has 0 saturated heterocycles. The number of benzene rings is 2. The van der Waals surface area contributed by atoms with Crippen molar-refractivity contribution in [3.05, 3.63) is 78.4 Å². The Hall–Kier alpha value is -3.46. The van der Waals surface area contributed by atoms with Crippen molar-refractivity contribution in [2.45, 2.75) is 31.5 Å². The summed E-state index contributed by atoms with van der Waals surface area (Å²) in [5.41, 5.74) is 2.03. The van der Waals surface area contributed by atoms with Crippen LogP contribution in [-0.4, -0.2) is 32.3 Å². The van der Waals surface area contributed by atoms with E-state index in [9.17, 15) is 14.0 Å². The molecule has 0 aliphatic heterocycles. The quantitative estimate of drug-likeness (QED) is 0.357. The first-order valence-electron chi connectivity index (χ1n) is 10.1. The average Bonchev–Trinajstić information content (AvgIpc) is 3.16. The van der Waals surface area contributed by atoms with E-state index in [1.54, 1.807) is 22.8 Å². The van der Waals surface area contributed by atoms with Gasteiger partial charge in [-0.15, -0.1) is 16.8 Å². The van der Waals surface area contributed by atoms with Gasteiger partial charge in [0, 0.05) is 12.2 Å². The number of hydrogen-bond acceptors (Lipinski definition) is 5. The molecule has 0 radical (unpaired) electrons. The number of carbonyl (C=O) groups excluding carboxylic acids is 2. The number of aromatic nitrogens is 3. The minimum Gasteiger partial charge on any atom is -0.325 e. The predicted octanol–water partition coefficient (Wildman–Crippen LogP) is 4.08. The highest BCUT2D eigenvalue weighted by Crippen LogP contribution is 2.19. The number of para-hydroxylation sites is 1. The lowest BCUT2D eigenvalue weighted by Crippen LogP contribution is -2.18. The molecule has 2 N–H and O–H groups in total. The van der Waals surface area contributed by atoms with Crippen LogP contribution in [0.15, 0.2) is 66.3 Å². The number of hydrogen-bond donors (Lipinski definition) is 2. The molecule has 0 bridgehead atoms. The molecule has 1 heterocycles. The number of carbonyl (C=O) groups is 2. The van der Waals surface area contributed by atoms with E-state index < -0.39 is 11.7 Å². The minimum atomic E-state index is -0.514. The van der Waals surface area contributed by atoms with Gasteiger partial charge in [0.1, 0.15) is 11.6 Å². The Kier molecular flexibility index (Phi) is 8.15. The van der Waals surface area contributed by atoms with Gasteiger partial charge in [-0.05, 0) is 36.2 Å². The Bertz CT molecular complexity index is 1100. The van der Waals surface area contributed by atoms with E-state index in [1.165, 1.54) is 29.5 Å². The van der Waals surface area contributed by atoms with E-state index in [0.717, 1.165) is 12.1 Å². The number of allylic oxidation sites excluding steroid dienone is 1. The predicted molar refractivity (Wildman–Crippen MR) is 124 cm³/mol. The number of anilines is 2. The third-order valence-electron chi connectivity index (χ3n) is 4.55. The molecule has 32 heavy (non-hydrogen) atoms. The third-order valence-corrected chi connectivity index (χ3v) is 5.52. The Balaban J connectivity index is 1.60. The van der Waals surface area contributed by atoms with Gasteiger partial charge in [-0.1, -0.05) is 49.0 Å². The molecule has 0 spiro atoms. The summed E-state index contributed by atoms with van der Waals surface area (Å²) < 4.78 is 15.5. The van der Waals surface area contributed by atoms with Crippen LogP contribution in [0.5, 0.6) is 0 Å². The summed E-state index contributed by atoms with van der Waals surface area (Å²) in [6.45, 7) is 6.17. The molecule has 3 rings (SSSR count). The fraction of sp³-hybridized carbons (Fsp3) is 0.217. The largest absolute Gasteiger partial charge is 0.325 e. The number of amides is 2. The zero-order valence-electron chi connectivity index (χ0n) is 17.7. The maximum absolute atomic E-state index is 13.8. The van der Waals surface area contributed by atoms with Gasteiger partial charge in [-0.25, -0.2) is 4.39 Å². The molecule has 166 valence electrons. The second kappa shape index (κ2) is 11.2. The van der Waals surface area contributed by atoms with E-state index in [2.05, 4.69) is 34.3 Å². The molecular weight excluding hydrogens is 429 g/mol. The SMILES string of the molecule is C=CCn1c(CC(=O)Nc2ccccc2F)nnc1SCC(=O)Nc1ccc(CC)cc1. The fourth-order valence-corrected chi connectivity index (χ4v) is 3.69. The van der Waals surface area contributed by atoms with E-state index in [-0.39, 0.29) is 23.8 Å². The molecule has 9 heteroatoms. The summed E-state index contributed by atoms with van der Waals surface area (Å²) in [5, 5.41) is 14.1. The second-order valence-corrected chi connectivity index (χ2v) is 7.83. The Morgan fingerprint density at radius 2 is 1.84 bits per heavy atom. The van der Waals surface area contributed by atoms with Crippen molar-refractivity contribution < 1.29 is 14.0 Å². The van der Waals surface area contributed by atoms with Gasteiger partial charge in [-0.2, -0.15) is 0 Å². The van der Waals surface area contributed by atoms with Gasteiger partial charge in [0.2, 0.25) is 11.8 Å². The van der Waals surface area contributed by atoms with Crippen LogP contribution >= 0.6 is 11.8 Å². The van der Waals surface area contributed by atoms with E-state index in [4.69, 9.17) is 0 Å². The molecular formula is C23H24FN5O2S. The highest BCUT2D eigenvalue weighted by Gasteiger charge is 2.17. The molecule has 7 nitrogen and oxygen atoms in total. The highest BCUT2D eigenvalue weighted by atomic mass is 32.2. The zero-order valence-corrected chi connectivity index (χ0v) is 18.5. The van der Waals surface area contributed by atoms with E-state index in [1.807, 2.05) is 24.3 Å². The molecule has 0 unspecified atom stereocenters. The summed E-state index contributed by atoms with van der Waals surface area (Å²) in [6, 6.07) is 13.6. The summed E-state index contributed by atoms with van der Waals surface area (Å²) in [6.07, 6.45) is 2.50. The first-order valence-corrected chi connectivity index (χ1v) is 11.1. The number of nitrogens with zero attached hydrogens (tertiary/aromatic N) is 3. The van der Waals surface area contributed by atoms with Crippen LogP contribution in [0.4, 0.5) is 15.8 Å². The van der Waals surface area contributed by atoms with Crippen molar-refractivity contribution in [2.75, 3.05) is 16.4 Å². The van der Waals surface area contributed by atoms with E-state index in [0.29, 0.717) is 17.5 Å². The minimum absolute atomic E-state index is 0.0916. The van der Waals surface area contributed by atoms with Crippen molar-refractivity contribution in [1.29, 1.82) is 0 Å². The van der Waals surface area contributed by atoms with Gasteiger partial charge in [0.15, 0.2) is 5.16 Å². The van der Waals surface area contributed by atoms with Gasteiger partial charge in [0.05, 0.1) is 17.9 Å². The maximum Gasteiger partial charge on any atom is 0.234 e. The van der Waals surface area contributed by atoms with Crippen LogP contribution in [-0.2, 0) is 29.0 Å². The average molecular weight is 454 g/mol. The molecule has 0 fully saturated rings. The number of nitrogens with one attached hydrogen (secondary N) is 2. The zero-order chi connectivity index (χ0) is 22.9. The van der Waals surface area contributed by atoms with Crippen LogP contribution in [0.2, 0.25) is 0 Å². The standard InChI is InChI=1S/C23H24FN5O2S/c1-3-13-29-20(14-21(30)26-19-8-6-5-7-18(19)24)27-28-23(29)32-15-22(31)25-17-11-9-16(4-2)10-12-17/h3,5-12H,1,4,13-15H2,2H3,(H,25,31)(H,26,30). The van der Waals surface area contributed by atoms with Crippen LogP contribution in [0, 0.1) is 5.82 Å². The Morgan fingerprint density at radius 1 is 1.09 bits per heavy atom.